The molecule has 0 atom stereocenters. The second-order valence-electron chi connectivity index (χ2n) is 5.98. The van der Waals surface area contributed by atoms with Crippen LogP contribution in [0.15, 0.2) is 33.9 Å². The number of rotatable bonds is 8. The number of thioether (sulfide) groups is 1. The molecule has 3 rings (SSSR count). The Bertz CT molecular complexity index is 773. The predicted octanol–water partition coefficient (Wildman–Crippen LogP) is 1.57. The minimum atomic E-state index is -0.176. The number of hydrogen-bond acceptors (Lipinski definition) is 7. The first-order chi connectivity index (χ1) is 12.5. The highest BCUT2D eigenvalue weighted by molar-refractivity contribution is 7.99. The van der Waals surface area contributed by atoms with Crippen molar-refractivity contribution in [2.24, 2.45) is 0 Å². The maximum Gasteiger partial charge on any atom is 0.277 e. The highest BCUT2D eigenvalue weighted by Crippen LogP contribution is 2.25. The molecule has 2 aromatic rings. The number of nitrogens with zero attached hydrogens (tertiary/aromatic N) is 3. The Labute approximate surface area is 155 Å². The third kappa shape index (κ3) is 4.98. The maximum absolute atomic E-state index is 12.1. The summed E-state index contributed by atoms with van der Waals surface area (Å²) in [7, 11) is 3.20. The van der Waals surface area contributed by atoms with Crippen molar-refractivity contribution in [1.29, 1.82) is 0 Å². The van der Waals surface area contributed by atoms with Crippen LogP contribution in [0.2, 0.25) is 0 Å². The van der Waals surface area contributed by atoms with E-state index in [4.69, 9.17) is 9.15 Å². The van der Waals surface area contributed by atoms with Gasteiger partial charge in [0.25, 0.3) is 5.22 Å². The van der Waals surface area contributed by atoms with Crippen LogP contribution >= 0.6 is 11.8 Å². The quantitative estimate of drug-likeness (QED) is 0.699. The van der Waals surface area contributed by atoms with Crippen molar-refractivity contribution in [2.45, 2.75) is 24.1 Å². The lowest BCUT2D eigenvalue weighted by atomic mass is 10.2. The van der Waals surface area contributed by atoms with Gasteiger partial charge in [0.15, 0.2) is 0 Å². The Balaban J connectivity index is 1.48. The maximum atomic E-state index is 12.1. The molecule has 0 saturated heterocycles. The number of likely N-dealkylation sites (N-methyl/N-ethyl adjacent to an activating group) is 1. The molecule has 2 amide bonds. The van der Waals surface area contributed by atoms with Crippen molar-refractivity contribution in [3.05, 3.63) is 24.3 Å². The summed E-state index contributed by atoms with van der Waals surface area (Å²) in [5, 5.41) is 11.1. The molecule has 1 N–H and O–H groups in total. The number of amides is 2. The van der Waals surface area contributed by atoms with Crippen LogP contribution in [0.3, 0.4) is 0 Å². The normalized spacial score (nSPS) is 13.3. The van der Waals surface area contributed by atoms with Gasteiger partial charge in [-0.15, -0.1) is 10.2 Å². The van der Waals surface area contributed by atoms with Gasteiger partial charge in [-0.2, -0.15) is 0 Å². The van der Waals surface area contributed by atoms with E-state index < -0.39 is 0 Å². The van der Waals surface area contributed by atoms with Crippen molar-refractivity contribution in [2.75, 3.05) is 26.5 Å². The summed E-state index contributed by atoms with van der Waals surface area (Å²) in [5.41, 5.74) is 0.769. The van der Waals surface area contributed by atoms with E-state index in [2.05, 4.69) is 15.5 Å². The molecular formula is C17H20N4O4S. The molecule has 138 valence electrons. The van der Waals surface area contributed by atoms with Crippen LogP contribution in [0, 0.1) is 0 Å². The zero-order valence-electron chi connectivity index (χ0n) is 14.6. The molecule has 1 saturated carbocycles. The Morgan fingerprint density at radius 3 is 2.69 bits per heavy atom. The highest BCUT2D eigenvalue weighted by Gasteiger charge is 2.24. The second kappa shape index (κ2) is 8.22. The lowest BCUT2D eigenvalue weighted by Crippen LogP contribution is -2.39. The molecule has 1 aliphatic rings. The first kappa shape index (κ1) is 18.2. The Kier molecular flexibility index (Phi) is 5.77. The lowest BCUT2D eigenvalue weighted by Gasteiger charge is -2.15. The average Bonchev–Trinajstić information content (AvgIpc) is 3.33. The fraction of sp³-hybridized carbons (Fsp3) is 0.412. The highest BCUT2D eigenvalue weighted by atomic mass is 32.2. The van der Waals surface area contributed by atoms with Crippen molar-refractivity contribution in [3.63, 3.8) is 0 Å². The number of ether oxygens (including phenoxy) is 1. The van der Waals surface area contributed by atoms with Gasteiger partial charge in [0, 0.05) is 18.7 Å². The van der Waals surface area contributed by atoms with Gasteiger partial charge in [-0.1, -0.05) is 11.8 Å². The van der Waals surface area contributed by atoms with Gasteiger partial charge < -0.3 is 19.4 Å². The fourth-order valence-corrected chi connectivity index (χ4v) is 2.86. The van der Waals surface area contributed by atoms with Gasteiger partial charge in [0.05, 0.1) is 19.4 Å². The number of nitrogens with one attached hydrogen (secondary N) is 1. The van der Waals surface area contributed by atoms with Crippen molar-refractivity contribution < 1.29 is 18.7 Å². The van der Waals surface area contributed by atoms with E-state index in [1.165, 1.54) is 4.90 Å². The van der Waals surface area contributed by atoms with Crippen LogP contribution < -0.4 is 10.1 Å². The van der Waals surface area contributed by atoms with Crippen LogP contribution in [0.25, 0.3) is 11.5 Å². The van der Waals surface area contributed by atoms with Crippen LogP contribution in [0.5, 0.6) is 5.75 Å². The molecule has 26 heavy (non-hydrogen) atoms. The third-order valence-electron chi connectivity index (χ3n) is 3.81. The Morgan fingerprint density at radius 2 is 2.04 bits per heavy atom. The fourth-order valence-electron chi connectivity index (χ4n) is 2.16. The number of carbonyl (C=O) groups excluding carboxylic acids is 2. The standard InChI is InChI=1S/C17H20N4O4S/c1-21(9-14(22)18-12-5-6-12)15(23)10-26-17-20-19-16(25-17)11-3-7-13(24-2)8-4-11/h3-4,7-8,12H,5-6,9-10H2,1-2H3,(H,18,22). The van der Waals surface area contributed by atoms with Crippen molar-refractivity contribution in [3.8, 4) is 17.2 Å². The average molecular weight is 376 g/mol. The van der Waals surface area contributed by atoms with Crippen molar-refractivity contribution in [1.82, 2.24) is 20.4 Å². The van der Waals surface area contributed by atoms with E-state index in [9.17, 15) is 9.59 Å². The number of carbonyl (C=O) groups is 2. The van der Waals surface area contributed by atoms with Crippen LogP contribution in [-0.2, 0) is 9.59 Å². The van der Waals surface area contributed by atoms with Crippen LogP contribution in [0.1, 0.15) is 12.8 Å². The van der Waals surface area contributed by atoms with Gasteiger partial charge >= 0.3 is 0 Å². The largest absolute Gasteiger partial charge is 0.497 e. The summed E-state index contributed by atoms with van der Waals surface area (Å²) in [4.78, 5) is 25.2. The summed E-state index contributed by atoms with van der Waals surface area (Å²) in [6, 6.07) is 7.53. The molecule has 1 fully saturated rings. The zero-order valence-corrected chi connectivity index (χ0v) is 15.4. The molecule has 1 aromatic heterocycles. The van der Waals surface area contributed by atoms with Crippen LogP contribution in [0.4, 0.5) is 0 Å². The Morgan fingerprint density at radius 1 is 1.31 bits per heavy atom. The first-order valence-corrected chi connectivity index (χ1v) is 9.18. The summed E-state index contributed by atoms with van der Waals surface area (Å²) in [6.07, 6.45) is 2.04. The number of methoxy groups -OCH3 is 1. The number of hydrogen-bond donors (Lipinski definition) is 1. The topological polar surface area (TPSA) is 97.6 Å². The van der Waals surface area contributed by atoms with E-state index >= 15 is 0 Å². The molecule has 1 heterocycles. The smallest absolute Gasteiger partial charge is 0.277 e. The molecular weight excluding hydrogens is 356 g/mol. The SMILES string of the molecule is COc1ccc(-c2nnc(SCC(=O)N(C)CC(=O)NC3CC3)o2)cc1. The van der Waals surface area contributed by atoms with E-state index in [0.29, 0.717) is 11.1 Å². The minimum absolute atomic E-state index is 0.0524. The minimum Gasteiger partial charge on any atom is -0.497 e. The summed E-state index contributed by atoms with van der Waals surface area (Å²) >= 11 is 1.15. The zero-order chi connectivity index (χ0) is 18.5. The Hall–Kier alpha value is -2.55. The molecule has 0 bridgehead atoms. The molecule has 8 nitrogen and oxygen atoms in total. The predicted molar refractivity (Wildman–Crippen MR) is 95.8 cm³/mol. The lowest BCUT2D eigenvalue weighted by molar-refractivity contribution is -0.132. The molecule has 1 aromatic carbocycles. The van der Waals surface area contributed by atoms with Crippen LogP contribution in [-0.4, -0.2) is 59.4 Å². The number of benzene rings is 1. The molecule has 0 unspecified atom stereocenters. The second-order valence-corrected chi connectivity index (χ2v) is 6.91. The summed E-state index contributed by atoms with van der Waals surface area (Å²) in [6.45, 7) is 0.0524. The van der Waals surface area contributed by atoms with Gasteiger partial charge in [0.2, 0.25) is 17.7 Å². The van der Waals surface area contributed by atoms with Gasteiger partial charge in [-0.25, -0.2) is 0 Å². The summed E-state index contributed by atoms with van der Waals surface area (Å²) in [5.74, 6) is 0.928. The van der Waals surface area contributed by atoms with Gasteiger partial charge in [0.1, 0.15) is 5.75 Å². The molecule has 0 aliphatic heterocycles. The van der Waals surface area contributed by atoms with Gasteiger partial charge in [-0.05, 0) is 37.1 Å². The van der Waals surface area contributed by atoms with E-state index in [0.717, 1.165) is 35.9 Å². The summed E-state index contributed by atoms with van der Waals surface area (Å²) < 4.78 is 10.7. The van der Waals surface area contributed by atoms with Gasteiger partial charge in [-0.3, -0.25) is 9.59 Å². The third-order valence-corrected chi connectivity index (χ3v) is 4.61. The first-order valence-electron chi connectivity index (χ1n) is 8.19. The monoisotopic (exact) mass is 376 g/mol. The van der Waals surface area contributed by atoms with E-state index in [1.807, 2.05) is 12.1 Å². The van der Waals surface area contributed by atoms with E-state index in [1.54, 1.807) is 26.3 Å². The molecule has 0 radical (unpaired) electrons. The molecule has 1 aliphatic carbocycles. The van der Waals surface area contributed by atoms with Crippen molar-refractivity contribution >= 4 is 23.6 Å². The number of aromatic nitrogens is 2. The molecule has 0 spiro atoms. The van der Waals surface area contributed by atoms with E-state index in [-0.39, 0.29) is 30.2 Å². The molecule has 9 heteroatoms.